The number of aromatic amines is 2. The second-order valence-corrected chi connectivity index (χ2v) is 9.80. The van der Waals surface area contributed by atoms with E-state index in [-0.39, 0.29) is 35.4 Å². The summed E-state index contributed by atoms with van der Waals surface area (Å²) >= 11 is 0. The third-order valence-electron chi connectivity index (χ3n) is 5.46. The number of nitrogens with one attached hydrogen (secondary N) is 3. The van der Waals surface area contributed by atoms with E-state index in [4.69, 9.17) is 11.5 Å². The van der Waals surface area contributed by atoms with E-state index in [9.17, 15) is 18.0 Å². The van der Waals surface area contributed by atoms with E-state index in [0.29, 0.717) is 34.8 Å². The first-order valence-electron chi connectivity index (χ1n) is 10.8. The van der Waals surface area contributed by atoms with Crippen molar-refractivity contribution in [2.75, 3.05) is 19.6 Å². The first-order chi connectivity index (χ1) is 15.8. The number of carboxylic acids is 1. The number of aromatic nitrogens is 2. The third-order valence-corrected chi connectivity index (χ3v) is 7.27. The largest absolute Gasteiger partial charge is 0.481 e. The van der Waals surface area contributed by atoms with Crippen molar-refractivity contribution >= 4 is 50.2 Å². The lowest BCUT2D eigenvalue weighted by Crippen LogP contribution is -2.41. The monoisotopic (exact) mass is 508 g/mol. The summed E-state index contributed by atoms with van der Waals surface area (Å²) in [6.45, 7) is 3.09. The van der Waals surface area contributed by atoms with Crippen molar-refractivity contribution in [1.29, 1.82) is 0 Å². The SMILES string of the molecule is C#CCN(C[C@@H]1CCCN1)S(=O)(=O)c1ccc2[nH]c(=O)c3[nH]ccc3c2c1.CCCC(=O)O.Cl. The highest BCUT2D eigenvalue weighted by Gasteiger charge is 2.28. The van der Waals surface area contributed by atoms with E-state index in [2.05, 4.69) is 21.2 Å². The van der Waals surface area contributed by atoms with Gasteiger partial charge in [-0.25, -0.2) is 8.42 Å². The zero-order valence-corrected chi connectivity index (χ0v) is 20.5. The summed E-state index contributed by atoms with van der Waals surface area (Å²) in [5, 5.41) is 12.6. The minimum atomic E-state index is -3.76. The maximum Gasteiger partial charge on any atom is 0.303 e. The van der Waals surface area contributed by atoms with E-state index < -0.39 is 16.0 Å². The summed E-state index contributed by atoms with van der Waals surface area (Å²) < 4.78 is 27.8. The normalized spacial score (nSPS) is 15.5. The smallest absolute Gasteiger partial charge is 0.303 e. The number of rotatable bonds is 7. The highest BCUT2D eigenvalue weighted by Crippen LogP contribution is 2.26. The average Bonchev–Trinajstić information content (AvgIpc) is 3.46. The summed E-state index contributed by atoms with van der Waals surface area (Å²) in [4.78, 5) is 27.5. The molecule has 0 unspecified atom stereocenters. The molecule has 1 fully saturated rings. The fourth-order valence-electron chi connectivity index (χ4n) is 3.85. The van der Waals surface area contributed by atoms with E-state index in [0.717, 1.165) is 25.8 Å². The molecule has 2 aromatic heterocycles. The molecule has 1 saturated heterocycles. The van der Waals surface area contributed by atoms with Crippen LogP contribution in [0.25, 0.3) is 21.8 Å². The molecule has 1 aliphatic rings. The number of halogens is 1. The molecule has 1 atom stereocenters. The number of nitrogens with zero attached hydrogens (tertiary/aromatic N) is 1. The number of hydrogen-bond acceptors (Lipinski definition) is 5. The van der Waals surface area contributed by atoms with Gasteiger partial charge in [-0.1, -0.05) is 12.8 Å². The van der Waals surface area contributed by atoms with E-state index >= 15 is 0 Å². The lowest BCUT2D eigenvalue weighted by molar-refractivity contribution is -0.137. The van der Waals surface area contributed by atoms with Crippen LogP contribution in [0.3, 0.4) is 0 Å². The molecule has 3 heterocycles. The molecule has 9 nitrogen and oxygen atoms in total. The van der Waals surface area contributed by atoms with Crippen molar-refractivity contribution in [3.8, 4) is 12.3 Å². The van der Waals surface area contributed by atoms with Crippen LogP contribution in [-0.2, 0) is 14.8 Å². The number of sulfonamides is 1. The molecule has 11 heteroatoms. The molecule has 1 aliphatic heterocycles. The summed E-state index contributed by atoms with van der Waals surface area (Å²) in [5.74, 6) is 1.74. The van der Waals surface area contributed by atoms with Crippen molar-refractivity contribution in [2.45, 2.75) is 43.5 Å². The van der Waals surface area contributed by atoms with Crippen molar-refractivity contribution in [3.63, 3.8) is 0 Å². The van der Waals surface area contributed by atoms with Gasteiger partial charge in [0.25, 0.3) is 5.56 Å². The topological polar surface area (TPSA) is 135 Å². The fourth-order valence-corrected chi connectivity index (χ4v) is 5.28. The van der Waals surface area contributed by atoms with Gasteiger partial charge < -0.3 is 20.4 Å². The third kappa shape index (κ3) is 6.18. The lowest BCUT2D eigenvalue weighted by Gasteiger charge is -2.23. The molecule has 34 heavy (non-hydrogen) atoms. The number of pyridine rings is 1. The van der Waals surface area contributed by atoms with Gasteiger partial charge in [0.15, 0.2) is 0 Å². The van der Waals surface area contributed by atoms with Crippen LogP contribution < -0.4 is 10.9 Å². The van der Waals surface area contributed by atoms with Gasteiger partial charge in [-0.2, -0.15) is 4.31 Å². The van der Waals surface area contributed by atoms with Crippen molar-refractivity contribution in [3.05, 3.63) is 40.8 Å². The molecule has 4 rings (SSSR count). The Morgan fingerprint density at radius 3 is 2.65 bits per heavy atom. The number of fused-ring (bicyclic) bond motifs is 3. The summed E-state index contributed by atoms with van der Waals surface area (Å²) in [5.41, 5.74) is 0.777. The molecular weight excluding hydrogens is 480 g/mol. The Labute approximate surface area is 204 Å². The van der Waals surface area contributed by atoms with E-state index in [1.54, 1.807) is 24.4 Å². The highest BCUT2D eigenvalue weighted by molar-refractivity contribution is 7.89. The van der Waals surface area contributed by atoms with Gasteiger partial charge in [0, 0.05) is 41.5 Å². The molecule has 0 saturated carbocycles. The molecule has 4 N–H and O–H groups in total. The number of aliphatic carboxylic acids is 1. The molecule has 1 aromatic carbocycles. The van der Waals surface area contributed by atoms with Gasteiger partial charge >= 0.3 is 5.97 Å². The molecular formula is C23H29ClN4O5S. The lowest BCUT2D eigenvalue weighted by atomic mass is 10.1. The maximum absolute atomic E-state index is 13.2. The second kappa shape index (κ2) is 12.0. The Bertz CT molecular complexity index is 1340. The van der Waals surface area contributed by atoms with Crippen molar-refractivity contribution in [2.24, 2.45) is 0 Å². The standard InChI is InChI=1S/C19H20N4O3S.C4H8O2.ClH/c1-2-10-23(12-13-4-3-8-20-13)27(25,26)14-5-6-17-16(11-14)15-7-9-21-18(15)19(24)22-17;1-2-3-4(5)6;/h1,5-7,9,11,13,20-21H,3-4,8,10,12H2,(H,22,24);2-3H2,1H3,(H,5,6);1H/t13-;;/m0../s1. The Kier molecular flexibility index (Phi) is 9.70. The quantitative estimate of drug-likeness (QED) is 0.362. The van der Waals surface area contributed by atoms with Crippen LogP contribution in [0.5, 0.6) is 0 Å². The van der Waals surface area contributed by atoms with Gasteiger partial charge in [0.2, 0.25) is 10.0 Å². The Morgan fingerprint density at radius 2 is 2.06 bits per heavy atom. The van der Waals surface area contributed by atoms with Crippen LogP contribution in [0.15, 0.2) is 40.2 Å². The maximum atomic E-state index is 13.2. The Balaban J connectivity index is 0.000000521. The predicted molar refractivity (Wildman–Crippen MR) is 135 cm³/mol. The number of hydrogen-bond donors (Lipinski definition) is 4. The van der Waals surface area contributed by atoms with Gasteiger partial charge in [0.1, 0.15) is 5.52 Å². The number of carbonyl (C=O) groups is 1. The summed E-state index contributed by atoms with van der Waals surface area (Å²) in [6, 6.07) is 6.62. The van der Waals surface area contributed by atoms with Crippen LogP contribution in [0.1, 0.15) is 32.6 Å². The minimum absolute atomic E-state index is 0. The molecule has 0 bridgehead atoms. The molecule has 184 valence electrons. The molecule has 0 radical (unpaired) electrons. The number of carboxylic acid groups (broad SMARTS) is 1. The van der Waals surface area contributed by atoms with Crippen LogP contribution >= 0.6 is 12.4 Å². The second-order valence-electron chi connectivity index (χ2n) is 7.87. The Hall–Kier alpha value is -2.84. The minimum Gasteiger partial charge on any atom is -0.481 e. The molecule has 0 spiro atoms. The fraction of sp³-hybridized carbons (Fsp3) is 0.391. The number of benzene rings is 1. The van der Waals surface area contributed by atoms with Gasteiger partial charge in [-0.05, 0) is 50.1 Å². The zero-order chi connectivity index (χ0) is 24.0. The van der Waals surface area contributed by atoms with Crippen LogP contribution in [0.4, 0.5) is 0 Å². The number of H-pyrrole nitrogens is 2. The highest BCUT2D eigenvalue weighted by atomic mass is 35.5. The number of terminal acetylenes is 1. The van der Waals surface area contributed by atoms with Gasteiger partial charge in [-0.3, -0.25) is 9.59 Å². The van der Waals surface area contributed by atoms with Crippen molar-refractivity contribution in [1.82, 2.24) is 19.6 Å². The first-order valence-corrected chi connectivity index (χ1v) is 12.2. The predicted octanol–water partition coefficient (Wildman–Crippen LogP) is 2.68. The van der Waals surface area contributed by atoms with Crippen LogP contribution in [0, 0.1) is 12.3 Å². The molecule has 0 amide bonds. The Morgan fingerprint density at radius 1 is 1.29 bits per heavy atom. The summed E-state index contributed by atoms with van der Waals surface area (Å²) in [6.07, 6.45) is 10.1. The van der Waals surface area contributed by atoms with E-state index in [1.165, 1.54) is 10.4 Å². The van der Waals surface area contributed by atoms with E-state index in [1.807, 2.05) is 6.92 Å². The molecule has 3 aromatic rings. The van der Waals surface area contributed by atoms with Crippen molar-refractivity contribution < 1.29 is 18.3 Å². The van der Waals surface area contributed by atoms with Gasteiger partial charge in [0.05, 0.1) is 11.4 Å². The zero-order valence-electron chi connectivity index (χ0n) is 18.8. The van der Waals surface area contributed by atoms with Gasteiger partial charge in [-0.15, -0.1) is 18.8 Å². The van der Waals surface area contributed by atoms with Crippen LogP contribution in [-0.4, -0.2) is 59.4 Å². The average molecular weight is 509 g/mol. The summed E-state index contributed by atoms with van der Waals surface area (Å²) in [7, 11) is -3.76. The first kappa shape index (κ1) is 27.4. The van der Waals surface area contributed by atoms with Crippen LogP contribution in [0.2, 0.25) is 0 Å². The molecule has 0 aliphatic carbocycles.